The van der Waals surface area contributed by atoms with Crippen LogP contribution in [0.5, 0.6) is 5.75 Å². The minimum absolute atomic E-state index is 0.00282. The Kier molecular flexibility index (Phi) is 8.80. The topological polar surface area (TPSA) is 85.4 Å². The number of rotatable bonds is 7. The van der Waals surface area contributed by atoms with Crippen molar-refractivity contribution in [2.45, 2.75) is 47.3 Å². The van der Waals surface area contributed by atoms with Gasteiger partial charge in [0.15, 0.2) is 5.79 Å². The molecule has 0 unspecified atom stereocenters. The molecule has 3 saturated heterocycles. The van der Waals surface area contributed by atoms with Crippen LogP contribution in [0.3, 0.4) is 0 Å². The van der Waals surface area contributed by atoms with Gasteiger partial charge in [-0.25, -0.2) is 8.42 Å². The second-order valence-corrected chi connectivity index (χ2v) is 13.7. The number of carbonyl (C=O) groups is 1. The monoisotopic (exact) mass is 624 g/mol. The third-order valence-corrected chi connectivity index (χ3v) is 11.2. The molecule has 0 radical (unpaired) electrons. The highest BCUT2D eigenvalue weighted by Gasteiger charge is 2.47. The maximum atomic E-state index is 13.2. The van der Waals surface area contributed by atoms with Gasteiger partial charge in [-0.2, -0.15) is 0 Å². The Bertz CT molecular complexity index is 1520. The van der Waals surface area contributed by atoms with Crippen LogP contribution in [-0.4, -0.2) is 76.7 Å². The standard InChI is InChI=1S/C33H37ClN2O6S/c1-40-27-8-12-29(13-9-27)43(38,39)28-10-6-24(7-11-28)33(41-22-23-42-33)25-14-18-35(19-15-25)26-16-20-36(21-17-26)32(37)30-4-2-3-5-31(30)34/h2-13,25-26H,14-23H2,1H3. The predicted molar refractivity (Wildman–Crippen MR) is 163 cm³/mol. The molecule has 0 aliphatic carbocycles. The first-order valence-corrected chi connectivity index (χ1v) is 16.7. The van der Waals surface area contributed by atoms with E-state index in [1.807, 2.05) is 29.2 Å². The molecule has 43 heavy (non-hydrogen) atoms. The summed E-state index contributed by atoms with van der Waals surface area (Å²) in [5.74, 6) is -0.119. The average molecular weight is 625 g/mol. The van der Waals surface area contributed by atoms with E-state index < -0.39 is 15.6 Å². The number of nitrogens with zero attached hydrogens (tertiary/aromatic N) is 2. The van der Waals surface area contributed by atoms with Gasteiger partial charge in [-0.1, -0.05) is 35.9 Å². The fourth-order valence-electron chi connectivity index (χ4n) is 6.71. The summed E-state index contributed by atoms with van der Waals surface area (Å²) in [6.07, 6.45) is 3.68. The van der Waals surface area contributed by atoms with Crippen molar-refractivity contribution in [1.29, 1.82) is 0 Å². The number of halogens is 1. The van der Waals surface area contributed by atoms with Crippen molar-refractivity contribution in [3.8, 4) is 5.75 Å². The largest absolute Gasteiger partial charge is 0.497 e. The molecule has 0 spiro atoms. The first-order chi connectivity index (χ1) is 20.8. The van der Waals surface area contributed by atoms with Crippen LogP contribution in [0.2, 0.25) is 5.02 Å². The predicted octanol–water partition coefficient (Wildman–Crippen LogP) is 5.40. The summed E-state index contributed by atoms with van der Waals surface area (Å²) in [5.41, 5.74) is 1.42. The number of carbonyl (C=O) groups excluding carboxylic acids is 1. The van der Waals surface area contributed by atoms with Crippen molar-refractivity contribution in [2.75, 3.05) is 46.5 Å². The molecule has 0 aromatic heterocycles. The molecule has 0 N–H and O–H groups in total. The number of hydrogen-bond acceptors (Lipinski definition) is 7. The fourth-order valence-corrected chi connectivity index (χ4v) is 8.18. The minimum Gasteiger partial charge on any atom is -0.497 e. The highest BCUT2D eigenvalue weighted by molar-refractivity contribution is 7.91. The molecule has 3 aromatic carbocycles. The fraction of sp³-hybridized carbons (Fsp3) is 0.424. The van der Waals surface area contributed by atoms with E-state index in [1.165, 1.54) is 0 Å². The molecule has 0 bridgehead atoms. The molecule has 0 saturated carbocycles. The number of methoxy groups -OCH3 is 1. The van der Waals surface area contributed by atoms with Crippen molar-refractivity contribution in [1.82, 2.24) is 9.80 Å². The van der Waals surface area contributed by atoms with Crippen LogP contribution in [-0.2, 0) is 25.1 Å². The smallest absolute Gasteiger partial charge is 0.255 e. The Balaban J connectivity index is 1.09. The zero-order chi connectivity index (χ0) is 30.0. The molecule has 228 valence electrons. The van der Waals surface area contributed by atoms with Gasteiger partial charge < -0.3 is 24.0 Å². The molecule has 0 atom stereocenters. The molecular formula is C33H37ClN2O6S. The third kappa shape index (κ3) is 5.93. The molecule has 6 rings (SSSR count). The number of sulfone groups is 1. The lowest BCUT2D eigenvalue weighted by molar-refractivity contribution is -0.215. The normalized spacial score (nSPS) is 20.3. The lowest BCUT2D eigenvalue weighted by Gasteiger charge is -2.45. The van der Waals surface area contributed by atoms with Gasteiger partial charge in [0.1, 0.15) is 5.75 Å². The number of benzene rings is 3. The number of hydrogen-bond donors (Lipinski definition) is 0. The van der Waals surface area contributed by atoms with Crippen molar-refractivity contribution >= 4 is 27.3 Å². The molecule has 3 aliphatic heterocycles. The maximum absolute atomic E-state index is 13.2. The van der Waals surface area contributed by atoms with Crippen LogP contribution in [0.1, 0.15) is 41.6 Å². The lowest BCUT2D eigenvalue weighted by Crippen LogP contribution is -2.51. The first-order valence-electron chi connectivity index (χ1n) is 14.9. The molecular weight excluding hydrogens is 588 g/mol. The quantitative estimate of drug-likeness (QED) is 0.348. The Labute approximate surface area is 258 Å². The number of piperidine rings is 2. The zero-order valence-electron chi connectivity index (χ0n) is 24.3. The molecule has 3 heterocycles. The SMILES string of the molecule is COc1ccc(S(=O)(=O)c2ccc(C3(C4CCN(C5CCN(C(=O)c6ccccc6Cl)CC5)CC4)OCCO3)cc2)cc1. The molecule has 3 aromatic rings. The number of amides is 1. The van der Waals surface area contributed by atoms with E-state index in [-0.39, 0.29) is 21.6 Å². The van der Waals surface area contributed by atoms with E-state index in [4.69, 9.17) is 25.8 Å². The lowest BCUT2D eigenvalue weighted by atomic mass is 9.83. The van der Waals surface area contributed by atoms with Crippen LogP contribution >= 0.6 is 11.6 Å². The van der Waals surface area contributed by atoms with Crippen molar-refractivity contribution < 1.29 is 27.4 Å². The Hall–Kier alpha value is -2.95. The van der Waals surface area contributed by atoms with E-state index in [0.717, 1.165) is 57.4 Å². The summed E-state index contributed by atoms with van der Waals surface area (Å²) in [6.45, 7) is 4.29. The van der Waals surface area contributed by atoms with Crippen LogP contribution < -0.4 is 4.74 Å². The van der Waals surface area contributed by atoms with E-state index in [0.29, 0.717) is 35.6 Å². The maximum Gasteiger partial charge on any atom is 0.255 e. The van der Waals surface area contributed by atoms with Crippen molar-refractivity contribution in [3.05, 3.63) is 88.9 Å². The molecule has 10 heteroatoms. The zero-order valence-corrected chi connectivity index (χ0v) is 25.9. The Morgan fingerprint density at radius 2 is 1.42 bits per heavy atom. The van der Waals surface area contributed by atoms with E-state index in [1.54, 1.807) is 55.6 Å². The van der Waals surface area contributed by atoms with Gasteiger partial charge in [-0.15, -0.1) is 0 Å². The minimum atomic E-state index is -3.67. The summed E-state index contributed by atoms with van der Waals surface area (Å²) >= 11 is 6.27. The van der Waals surface area contributed by atoms with Gasteiger partial charge in [0.05, 0.1) is 40.7 Å². The highest BCUT2D eigenvalue weighted by Crippen LogP contribution is 2.44. The first kappa shape index (κ1) is 30.1. The third-order valence-electron chi connectivity index (χ3n) is 9.09. The number of likely N-dealkylation sites (tertiary alicyclic amines) is 2. The summed E-state index contributed by atoms with van der Waals surface area (Å²) in [5, 5.41) is 0.496. The van der Waals surface area contributed by atoms with Gasteiger partial charge in [-0.05, 0) is 87.3 Å². The Morgan fingerprint density at radius 1 is 0.837 bits per heavy atom. The summed E-state index contributed by atoms with van der Waals surface area (Å²) in [4.78, 5) is 17.9. The molecule has 3 fully saturated rings. The summed E-state index contributed by atoms with van der Waals surface area (Å²) in [6, 6.07) is 21.0. The van der Waals surface area contributed by atoms with Gasteiger partial charge in [0.2, 0.25) is 9.84 Å². The second-order valence-electron chi connectivity index (χ2n) is 11.4. The Morgan fingerprint density at radius 3 is 2.00 bits per heavy atom. The number of ether oxygens (including phenoxy) is 3. The van der Waals surface area contributed by atoms with Gasteiger partial charge in [-0.3, -0.25) is 4.79 Å². The van der Waals surface area contributed by atoms with Gasteiger partial charge in [0.25, 0.3) is 5.91 Å². The summed E-state index contributed by atoms with van der Waals surface area (Å²) in [7, 11) is -2.12. The van der Waals surface area contributed by atoms with Crippen LogP contribution in [0, 0.1) is 5.92 Å². The van der Waals surface area contributed by atoms with Gasteiger partial charge >= 0.3 is 0 Å². The molecule has 3 aliphatic rings. The van der Waals surface area contributed by atoms with Crippen molar-refractivity contribution in [2.24, 2.45) is 5.92 Å². The van der Waals surface area contributed by atoms with Crippen LogP contribution in [0.25, 0.3) is 0 Å². The van der Waals surface area contributed by atoms with Crippen molar-refractivity contribution in [3.63, 3.8) is 0 Å². The summed E-state index contributed by atoms with van der Waals surface area (Å²) < 4.78 is 44.3. The van der Waals surface area contributed by atoms with E-state index in [9.17, 15) is 13.2 Å². The average Bonchev–Trinajstić information content (AvgIpc) is 3.56. The highest BCUT2D eigenvalue weighted by atomic mass is 35.5. The van der Waals surface area contributed by atoms with E-state index >= 15 is 0 Å². The van der Waals surface area contributed by atoms with E-state index in [2.05, 4.69) is 4.90 Å². The van der Waals surface area contributed by atoms with Crippen LogP contribution in [0.4, 0.5) is 0 Å². The second kappa shape index (κ2) is 12.6. The van der Waals surface area contributed by atoms with Crippen LogP contribution in [0.15, 0.2) is 82.6 Å². The molecule has 8 nitrogen and oxygen atoms in total. The molecule has 1 amide bonds. The van der Waals surface area contributed by atoms with Gasteiger partial charge in [0, 0.05) is 30.6 Å².